The molecule has 8 heteroatoms. The van der Waals surface area contributed by atoms with Crippen molar-refractivity contribution in [1.82, 2.24) is 5.32 Å². The third-order valence-electron chi connectivity index (χ3n) is 3.51. The lowest BCUT2D eigenvalue weighted by Gasteiger charge is -2.30. The van der Waals surface area contributed by atoms with Gasteiger partial charge in [-0.2, -0.15) is 13.2 Å². The van der Waals surface area contributed by atoms with E-state index < -0.39 is 46.5 Å². The number of hydrogen-bond donors (Lipinski definition) is 2. The minimum Gasteiger partial charge on any atom is -0.480 e. The predicted molar refractivity (Wildman–Crippen MR) is 69.7 cm³/mol. The molecule has 0 saturated carbocycles. The van der Waals surface area contributed by atoms with Crippen molar-refractivity contribution in [3.05, 3.63) is 35.1 Å². The quantitative estimate of drug-likeness (QED) is 0.838. The van der Waals surface area contributed by atoms with Crippen LogP contribution >= 0.6 is 0 Å². The molecule has 0 bridgehead atoms. The molecule has 122 valence electrons. The maximum absolute atomic E-state index is 13.6. The summed E-state index contributed by atoms with van der Waals surface area (Å²) < 4.78 is 51.4. The third kappa shape index (κ3) is 3.55. The molecule has 0 radical (unpaired) electrons. The third-order valence-corrected chi connectivity index (χ3v) is 3.51. The summed E-state index contributed by atoms with van der Waals surface area (Å²) in [6.07, 6.45) is -4.74. The number of alkyl halides is 3. The molecule has 0 spiro atoms. The van der Waals surface area contributed by atoms with Crippen LogP contribution in [0, 0.1) is 11.7 Å². The number of nitrogens with one attached hydrogen (secondary N) is 1. The molecule has 0 fully saturated rings. The van der Waals surface area contributed by atoms with Gasteiger partial charge in [-0.3, -0.25) is 4.79 Å². The molecular formula is C14H15F4NO3. The maximum atomic E-state index is 13.6. The van der Waals surface area contributed by atoms with Crippen molar-refractivity contribution < 1.29 is 32.3 Å². The number of carboxylic acids is 1. The standard InChI is InChI=1S/C14H15F4NO3/c1-7(2)13(3,12(21)22)19-11(20)9-6-8(14(16,17)18)4-5-10(9)15/h4-7H,1-3H3,(H,19,20)(H,21,22)/t13-/m1/s1. The van der Waals surface area contributed by atoms with E-state index in [9.17, 15) is 27.2 Å². The van der Waals surface area contributed by atoms with Crippen LogP contribution in [0.4, 0.5) is 17.6 Å². The zero-order valence-electron chi connectivity index (χ0n) is 12.1. The molecule has 0 heterocycles. The fraction of sp³-hybridized carbons (Fsp3) is 0.429. The van der Waals surface area contributed by atoms with Crippen LogP contribution in [0.5, 0.6) is 0 Å². The van der Waals surface area contributed by atoms with Crippen LogP contribution in [0.15, 0.2) is 18.2 Å². The summed E-state index contributed by atoms with van der Waals surface area (Å²) in [6.45, 7) is 4.22. The number of benzene rings is 1. The van der Waals surface area contributed by atoms with Gasteiger partial charge in [0, 0.05) is 0 Å². The Morgan fingerprint density at radius 2 is 1.77 bits per heavy atom. The lowest BCUT2D eigenvalue weighted by atomic mass is 9.88. The molecule has 1 amide bonds. The number of amides is 1. The molecular weight excluding hydrogens is 306 g/mol. The zero-order chi connectivity index (χ0) is 17.3. The van der Waals surface area contributed by atoms with Gasteiger partial charge in [0.1, 0.15) is 11.4 Å². The van der Waals surface area contributed by atoms with Gasteiger partial charge in [0.15, 0.2) is 0 Å². The van der Waals surface area contributed by atoms with Gasteiger partial charge >= 0.3 is 12.1 Å². The van der Waals surface area contributed by atoms with Gasteiger partial charge in [-0.25, -0.2) is 9.18 Å². The monoisotopic (exact) mass is 321 g/mol. The number of carbonyl (C=O) groups is 2. The first-order valence-corrected chi connectivity index (χ1v) is 6.32. The van der Waals surface area contributed by atoms with Crippen LogP contribution in [0.3, 0.4) is 0 Å². The Kier molecular flexibility index (Phi) is 4.84. The summed E-state index contributed by atoms with van der Waals surface area (Å²) in [5.74, 6) is -4.32. The molecule has 0 aliphatic heterocycles. The summed E-state index contributed by atoms with van der Waals surface area (Å²) in [4.78, 5) is 23.2. The Balaban J connectivity index is 3.21. The van der Waals surface area contributed by atoms with Gasteiger partial charge in [-0.15, -0.1) is 0 Å². The van der Waals surface area contributed by atoms with Gasteiger partial charge in [0.05, 0.1) is 11.1 Å². The number of rotatable bonds is 4. The van der Waals surface area contributed by atoms with Crippen LogP contribution in [0.25, 0.3) is 0 Å². The molecule has 0 aliphatic carbocycles. The van der Waals surface area contributed by atoms with Crippen molar-refractivity contribution in [2.45, 2.75) is 32.5 Å². The van der Waals surface area contributed by atoms with Crippen molar-refractivity contribution in [2.24, 2.45) is 5.92 Å². The smallest absolute Gasteiger partial charge is 0.416 e. The topological polar surface area (TPSA) is 66.4 Å². The van der Waals surface area contributed by atoms with E-state index in [0.29, 0.717) is 18.2 Å². The van der Waals surface area contributed by atoms with Crippen molar-refractivity contribution in [2.75, 3.05) is 0 Å². The molecule has 1 aromatic rings. The second-order valence-corrected chi connectivity index (χ2v) is 5.31. The van der Waals surface area contributed by atoms with E-state index in [1.54, 1.807) is 0 Å². The molecule has 1 aromatic carbocycles. The predicted octanol–water partition coefficient (Wildman–Crippen LogP) is 3.07. The molecule has 0 saturated heterocycles. The van der Waals surface area contributed by atoms with E-state index in [-0.39, 0.29) is 0 Å². The summed E-state index contributed by atoms with van der Waals surface area (Å²) in [7, 11) is 0. The van der Waals surface area contributed by atoms with Gasteiger partial charge < -0.3 is 10.4 Å². The second kappa shape index (κ2) is 5.94. The summed E-state index contributed by atoms with van der Waals surface area (Å²) in [5.41, 5.74) is -3.79. The molecule has 0 aromatic heterocycles. The fourth-order valence-electron chi connectivity index (χ4n) is 1.62. The van der Waals surface area contributed by atoms with Crippen LogP contribution in [-0.2, 0) is 11.0 Å². The van der Waals surface area contributed by atoms with Crippen LogP contribution in [0.1, 0.15) is 36.7 Å². The highest BCUT2D eigenvalue weighted by Crippen LogP contribution is 2.30. The Labute approximate surface area is 124 Å². The van der Waals surface area contributed by atoms with E-state index in [1.807, 2.05) is 0 Å². The van der Waals surface area contributed by atoms with E-state index in [4.69, 9.17) is 5.11 Å². The number of halogens is 4. The Bertz CT molecular complexity index is 598. The second-order valence-electron chi connectivity index (χ2n) is 5.31. The normalized spacial score (nSPS) is 14.5. The molecule has 1 rings (SSSR count). The van der Waals surface area contributed by atoms with Crippen LogP contribution in [-0.4, -0.2) is 22.5 Å². The largest absolute Gasteiger partial charge is 0.480 e. The van der Waals surface area contributed by atoms with E-state index in [2.05, 4.69) is 5.32 Å². The molecule has 0 unspecified atom stereocenters. The molecule has 4 nitrogen and oxygen atoms in total. The molecule has 0 aliphatic rings. The maximum Gasteiger partial charge on any atom is 0.416 e. The van der Waals surface area contributed by atoms with Crippen LogP contribution < -0.4 is 5.32 Å². The van der Waals surface area contributed by atoms with E-state index in [1.165, 1.54) is 20.8 Å². The van der Waals surface area contributed by atoms with Gasteiger partial charge in [-0.05, 0) is 31.0 Å². The Morgan fingerprint density at radius 3 is 2.18 bits per heavy atom. The van der Waals surface area contributed by atoms with Crippen molar-refractivity contribution in [3.8, 4) is 0 Å². The Morgan fingerprint density at radius 1 is 1.23 bits per heavy atom. The van der Waals surface area contributed by atoms with Crippen LogP contribution in [0.2, 0.25) is 0 Å². The number of carboxylic acid groups (broad SMARTS) is 1. The first-order chi connectivity index (χ1) is 9.89. The summed E-state index contributed by atoms with van der Waals surface area (Å²) in [5, 5.41) is 11.2. The SMILES string of the molecule is CC(C)[C@@](C)(NC(=O)c1cc(C(F)(F)F)ccc1F)C(=O)O. The lowest BCUT2D eigenvalue weighted by molar-refractivity contribution is -0.145. The van der Waals surface area contributed by atoms with E-state index >= 15 is 0 Å². The highest BCUT2D eigenvalue weighted by Gasteiger charge is 2.39. The lowest BCUT2D eigenvalue weighted by Crippen LogP contribution is -2.56. The highest BCUT2D eigenvalue weighted by atomic mass is 19.4. The average Bonchev–Trinajstić information content (AvgIpc) is 2.36. The summed E-state index contributed by atoms with van der Waals surface area (Å²) in [6, 6.07) is 1.38. The van der Waals surface area contributed by atoms with Crippen molar-refractivity contribution >= 4 is 11.9 Å². The number of aliphatic carboxylic acids is 1. The number of hydrogen-bond acceptors (Lipinski definition) is 2. The zero-order valence-corrected chi connectivity index (χ0v) is 12.1. The molecule has 1 atom stereocenters. The summed E-state index contributed by atoms with van der Waals surface area (Å²) >= 11 is 0. The Hall–Kier alpha value is -2.12. The van der Waals surface area contributed by atoms with Gasteiger partial charge in [0.25, 0.3) is 5.91 Å². The van der Waals surface area contributed by atoms with Crippen molar-refractivity contribution in [3.63, 3.8) is 0 Å². The van der Waals surface area contributed by atoms with E-state index in [0.717, 1.165) is 0 Å². The minimum absolute atomic E-state index is 0.354. The van der Waals surface area contributed by atoms with Gasteiger partial charge in [0.2, 0.25) is 0 Å². The van der Waals surface area contributed by atoms with Gasteiger partial charge in [-0.1, -0.05) is 13.8 Å². The average molecular weight is 321 g/mol. The number of carbonyl (C=O) groups excluding carboxylic acids is 1. The fourth-order valence-corrected chi connectivity index (χ4v) is 1.62. The van der Waals surface area contributed by atoms with Crippen molar-refractivity contribution in [1.29, 1.82) is 0 Å². The molecule has 22 heavy (non-hydrogen) atoms. The highest BCUT2D eigenvalue weighted by molar-refractivity contribution is 5.98. The molecule has 2 N–H and O–H groups in total. The first-order valence-electron chi connectivity index (χ1n) is 6.32. The first kappa shape index (κ1) is 17.9. The minimum atomic E-state index is -4.74.